The highest BCUT2D eigenvalue weighted by Crippen LogP contribution is 2.29. The van der Waals surface area contributed by atoms with E-state index >= 15 is 0 Å². The third kappa shape index (κ3) is 2.31. The summed E-state index contributed by atoms with van der Waals surface area (Å²) >= 11 is 0. The first kappa shape index (κ1) is 10.7. The molecule has 0 saturated heterocycles. The molecule has 1 aromatic rings. The molecule has 1 aromatic carbocycles. The maximum Gasteiger partial charge on any atom is 0.161 e. The Labute approximate surface area is 85.9 Å². The van der Waals surface area contributed by atoms with Gasteiger partial charge >= 0.3 is 0 Å². The maximum atomic E-state index is 5.58. The maximum absolute atomic E-state index is 5.58. The topological polar surface area (TPSA) is 18.5 Å². The second-order valence-electron chi connectivity index (χ2n) is 2.82. The Kier molecular flexibility index (Phi) is 3.63. The SMILES string of the molecule is [B]C(=C)c1ccc(OC)c(OCC)c1. The predicted octanol–water partition coefficient (Wildman–Crippen LogP) is 2.23. The van der Waals surface area contributed by atoms with Crippen LogP contribution in [0.3, 0.4) is 0 Å². The van der Waals surface area contributed by atoms with Crippen LogP contribution in [0.4, 0.5) is 0 Å². The Bertz CT molecular complexity index is 334. The molecular weight excluding hydrogens is 175 g/mol. The summed E-state index contributed by atoms with van der Waals surface area (Å²) in [6.45, 7) is 6.18. The zero-order valence-electron chi connectivity index (χ0n) is 8.54. The Morgan fingerprint density at radius 1 is 1.43 bits per heavy atom. The lowest BCUT2D eigenvalue weighted by molar-refractivity contribution is 0.311. The van der Waals surface area contributed by atoms with E-state index in [-0.39, 0.29) is 0 Å². The van der Waals surface area contributed by atoms with Gasteiger partial charge in [0.2, 0.25) is 0 Å². The highest BCUT2D eigenvalue weighted by atomic mass is 16.5. The zero-order chi connectivity index (χ0) is 10.6. The van der Waals surface area contributed by atoms with Gasteiger partial charge in [-0.15, -0.1) is 6.58 Å². The van der Waals surface area contributed by atoms with E-state index in [0.717, 1.165) is 5.56 Å². The van der Waals surface area contributed by atoms with E-state index in [9.17, 15) is 0 Å². The van der Waals surface area contributed by atoms with E-state index in [1.54, 1.807) is 7.11 Å². The van der Waals surface area contributed by atoms with Gasteiger partial charge in [0, 0.05) is 0 Å². The summed E-state index contributed by atoms with van der Waals surface area (Å²) in [4.78, 5) is 0. The fourth-order valence-corrected chi connectivity index (χ4v) is 1.14. The molecule has 0 N–H and O–H groups in total. The van der Waals surface area contributed by atoms with Crippen molar-refractivity contribution in [2.75, 3.05) is 13.7 Å². The van der Waals surface area contributed by atoms with Crippen LogP contribution in [0, 0.1) is 0 Å². The second kappa shape index (κ2) is 4.75. The van der Waals surface area contributed by atoms with E-state index in [2.05, 4.69) is 6.58 Å². The summed E-state index contributed by atoms with van der Waals surface area (Å²) in [7, 11) is 7.19. The summed E-state index contributed by atoms with van der Waals surface area (Å²) < 4.78 is 10.5. The number of hydrogen-bond donors (Lipinski definition) is 0. The van der Waals surface area contributed by atoms with Crippen LogP contribution in [0.5, 0.6) is 11.5 Å². The molecule has 0 aliphatic carbocycles. The lowest BCUT2D eigenvalue weighted by atomic mass is 9.90. The standard InChI is InChI=1S/C11H13BO2/c1-4-14-11-7-9(8(2)12)5-6-10(11)13-3/h5-7H,2,4H2,1,3H3. The Morgan fingerprint density at radius 3 is 2.64 bits per heavy atom. The Balaban J connectivity index is 3.07. The second-order valence-corrected chi connectivity index (χ2v) is 2.82. The lowest BCUT2D eigenvalue weighted by Crippen LogP contribution is -1.96. The van der Waals surface area contributed by atoms with Crippen LogP contribution < -0.4 is 9.47 Å². The van der Waals surface area contributed by atoms with Crippen LogP contribution in [-0.2, 0) is 0 Å². The summed E-state index contributed by atoms with van der Waals surface area (Å²) in [6, 6.07) is 5.49. The van der Waals surface area contributed by atoms with Crippen molar-refractivity contribution in [2.45, 2.75) is 6.92 Å². The van der Waals surface area contributed by atoms with Crippen molar-refractivity contribution in [2.24, 2.45) is 0 Å². The molecule has 0 aromatic heterocycles. The fraction of sp³-hybridized carbons (Fsp3) is 0.273. The van der Waals surface area contributed by atoms with Crippen molar-refractivity contribution in [3.63, 3.8) is 0 Å². The van der Waals surface area contributed by atoms with Gasteiger partial charge in [-0.3, -0.25) is 0 Å². The highest BCUT2D eigenvalue weighted by molar-refractivity contribution is 6.41. The first-order valence-corrected chi connectivity index (χ1v) is 4.44. The Hall–Kier alpha value is -1.38. The normalized spacial score (nSPS) is 9.57. The van der Waals surface area contributed by atoms with E-state index in [4.69, 9.17) is 17.3 Å². The van der Waals surface area contributed by atoms with Crippen LogP contribution in [-0.4, -0.2) is 21.6 Å². The van der Waals surface area contributed by atoms with Crippen LogP contribution in [0.15, 0.2) is 24.8 Å². The van der Waals surface area contributed by atoms with Crippen molar-refractivity contribution in [1.29, 1.82) is 0 Å². The molecule has 0 fully saturated rings. The highest BCUT2D eigenvalue weighted by Gasteiger charge is 2.04. The van der Waals surface area contributed by atoms with Gasteiger partial charge < -0.3 is 9.47 Å². The van der Waals surface area contributed by atoms with Crippen molar-refractivity contribution >= 4 is 13.3 Å². The van der Waals surface area contributed by atoms with Gasteiger partial charge in [0.05, 0.1) is 13.7 Å². The summed E-state index contributed by atoms with van der Waals surface area (Å²) in [6.07, 6.45) is 0. The minimum Gasteiger partial charge on any atom is -0.493 e. The van der Waals surface area contributed by atoms with Gasteiger partial charge in [-0.2, -0.15) is 0 Å². The van der Waals surface area contributed by atoms with Gasteiger partial charge in [-0.1, -0.05) is 11.5 Å². The van der Waals surface area contributed by atoms with Gasteiger partial charge in [-0.05, 0) is 24.6 Å². The van der Waals surface area contributed by atoms with Crippen LogP contribution in [0.25, 0.3) is 5.47 Å². The van der Waals surface area contributed by atoms with Crippen molar-refractivity contribution in [3.8, 4) is 11.5 Å². The molecule has 2 radical (unpaired) electrons. The average molecular weight is 188 g/mol. The minimum absolute atomic E-state index is 0.522. The zero-order valence-corrected chi connectivity index (χ0v) is 8.54. The van der Waals surface area contributed by atoms with E-state index in [1.807, 2.05) is 25.1 Å². The molecule has 0 spiro atoms. The molecule has 0 unspecified atom stereocenters. The summed E-state index contributed by atoms with van der Waals surface area (Å²) in [5, 5.41) is 0. The van der Waals surface area contributed by atoms with Gasteiger partial charge in [-0.25, -0.2) is 0 Å². The molecule has 1 rings (SSSR count). The third-order valence-corrected chi connectivity index (χ3v) is 1.83. The van der Waals surface area contributed by atoms with E-state index in [0.29, 0.717) is 23.6 Å². The summed E-state index contributed by atoms with van der Waals surface area (Å²) in [5.74, 6) is 1.40. The van der Waals surface area contributed by atoms with Crippen LogP contribution in [0.1, 0.15) is 12.5 Å². The van der Waals surface area contributed by atoms with Gasteiger partial charge in [0.25, 0.3) is 0 Å². The van der Waals surface area contributed by atoms with Crippen LogP contribution >= 0.6 is 0 Å². The molecule has 0 aliphatic rings. The van der Waals surface area contributed by atoms with E-state index in [1.165, 1.54) is 0 Å². The molecular formula is C11H13BO2. The number of rotatable bonds is 4. The number of ether oxygens (including phenoxy) is 2. The molecule has 0 aliphatic heterocycles. The fourth-order valence-electron chi connectivity index (χ4n) is 1.14. The molecule has 2 nitrogen and oxygen atoms in total. The molecule has 0 atom stereocenters. The molecule has 0 saturated carbocycles. The molecule has 72 valence electrons. The first-order chi connectivity index (χ1) is 6.69. The number of hydrogen-bond acceptors (Lipinski definition) is 2. The van der Waals surface area contributed by atoms with Gasteiger partial charge in [0.1, 0.15) is 7.85 Å². The van der Waals surface area contributed by atoms with Crippen molar-refractivity contribution in [3.05, 3.63) is 30.3 Å². The number of benzene rings is 1. The smallest absolute Gasteiger partial charge is 0.161 e. The first-order valence-electron chi connectivity index (χ1n) is 4.44. The van der Waals surface area contributed by atoms with Crippen LogP contribution in [0.2, 0.25) is 0 Å². The van der Waals surface area contributed by atoms with E-state index < -0.39 is 0 Å². The molecule has 0 heterocycles. The summed E-state index contributed by atoms with van der Waals surface area (Å²) in [5.41, 5.74) is 1.38. The Morgan fingerprint density at radius 2 is 2.14 bits per heavy atom. The molecule has 3 heteroatoms. The largest absolute Gasteiger partial charge is 0.493 e. The lowest BCUT2D eigenvalue weighted by Gasteiger charge is -2.10. The predicted molar refractivity (Wildman–Crippen MR) is 59.0 cm³/mol. The average Bonchev–Trinajstić information content (AvgIpc) is 2.18. The third-order valence-electron chi connectivity index (χ3n) is 1.83. The number of methoxy groups -OCH3 is 1. The minimum atomic E-state index is 0.522. The molecule has 0 bridgehead atoms. The monoisotopic (exact) mass is 188 g/mol. The quantitative estimate of drug-likeness (QED) is 0.674. The molecule has 0 amide bonds. The molecule has 14 heavy (non-hydrogen) atoms. The van der Waals surface area contributed by atoms with Crippen molar-refractivity contribution < 1.29 is 9.47 Å². The van der Waals surface area contributed by atoms with Gasteiger partial charge in [0.15, 0.2) is 11.5 Å². The van der Waals surface area contributed by atoms with Crippen molar-refractivity contribution in [1.82, 2.24) is 0 Å².